The summed E-state index contributed by atoms with van der Waals surface area (Å²) >= 11 is 0. The zero-order chi connectivity index (χ0) is 19.6. The Kier molecular flexibility index (Phi) is 4.50. The van der Waals surface area contributed by atoms with Crippen molar-refractivity contribution in [2.45, 2.75) is 13.1 Å². The van der Waals surface area contributed by atoms with Crippen LogP contribution in [0.1, 0.15) is 11.1 Å². The van der Waals surface area contributed by atoms with Gasteiger partial charge in [-0.25, -0.2) is 9.50 Å². The molecule has 5 rings (SSSR count). The SMILES string of the molecule is CN(Cc1cnc2c(-c3ccccc3)cnn2c1)Cc1cccc2ncccc12. The summed E-state index contributed by atoms with van der Waals surface area (Å²) in [5, 5.41) is 5.72. The van der Waals surface area contributed by atoms with Crippen molar-refractivity contribution in [2.75, 3.05) is 7.05 Å². The molecule has 0 aliphatic heterocycles. The highest BCUT2D eigenvalue weighted by atomic mass is 15.2. The highest BCUT2D eigenvalue weighted by Crippen LogP contribution is 2.23. The van der Waals surface area contributed by atoms with E-state index < -0.39 is 0 Å². The van der Waals surface area contributed by atoms with Gasteiger partial charge in [-0.1, -0.05) is 48.5 Å². The zero-order valence-corrected chi connectivity index (χ0v) is 16.2. The van der Waals surface area contributed by atoms with E-state index in [9.17, 15) is 0 Å². The lowest BCUT2D eigenvalue weighted by Gasteiger charge is -2.18. The number of hydrogen-bond donors (Lipinski definition) is 0. The lowest BCUT2D eigenvalue weighted by molar-refractivity contribution is 0.319. The van der Waals surface area contributed by atoms with Crippen LogP contribution in [0.2, 0.25) is 0 Å². The summed E-state index contributed by atoms with van der Waals surface area (Å²) in [6.07, 6.45) is 7.74. The quantitative estimate of drug-likeness (QED) is 0.449. The molecule has 142 valence electrons. The summed E-state index contributed by atoms with van der Waals surface area (Å²) in [6.45, 7) is 1.63. The van der Waals surface area contributed by atoms with E-state index in [1.165, 1.54) is 10.9 Å². The van der Waals surface area contributed by atoms with Crippen LogP contribution in [0.25, 0.3) is 27.7 Å². The molecule has 2 aromatic carbocycles. The first-order valence-electron chi connectivity index (χ1n) is 9.67. The van der Waals surface area contributed by atoms with Gasteiger partial charge in [-0.15, -0.1) is 0 Å². The molecule has 29 heavy (non-hydrogen) atoms. The fourth-order valence-corrected chi connectivity index (χ4v) is 3.78. The van der Waals surface area contributed by atoms with Gasteiger partial charge in [0.1, 0.15) is 0 Å². The van der Waals surface area contributed by atoms with Crippen LogP contribution in [0.4, 0.5) is 0 Å². The molecule has 0 bridgehead atoms. The average Bonchev–Trinajstić information content (AvgIpc) is 3.18. The molecule has 0 aliphatic carbocycles. The molecule has 5 heteroatoms. The summed E-state index contributed by atoms with van der Waals surface area (Å²) < 4.78 is 1.87. The van der Waals surface area contributed by atoms with Gasteiger partial charge in [0.2, 0.25) is 0 Å². The Hall–Kier alpha value is -3.57. The highest BCUT2D eigenvalue weighted by Gasteiger charge is 2.10. The fourth-order valence-electron chi connectivity index (χ4n) is 3.78. The van der Waals surface area contributed by atoms with Crippen molar-refractivity contribution in [3.63, 3.8) is 0 Å². The molecule has 0 amide bonds. The molecule has 5 nitrogen and oxygen atoms in total. The summed E-state index contributed by atoms with van der Waals surface area (Å²) in [6, 6.07) is 20.7. The number of pyridine rings is 1. The number of fused-ring (bicyclic) bond motifs is 2. The first-order valence-corrected chi connectivity index (χ1v) is 9.67. The third-order valence-corrected chi connectivity index (χ3v) is 5.12. The van der Waals surface area contributed by atoms with Crippen molar-refractivity contribution in [1.29, 1.82) is 0 Å². The van der Waals surface area contributed by atoms with E-state index in [4.69, 9.17) is 4.98 Å². The van der Waals surface area contributed by atoms with Crippen molar-refractivity contribution < 1.29 is 0 Å². The third-order valence-electron chi connectivity index (χ3n) is 5.12. The minimum Gasteiger partial charge on any atom is -0.298 e. The summed E-state index contributed by atoms with van der Waals surface area (Å²) in [5.41, 5.74) is 6.49. The van der Waals surface area contributed by atoms with Gasteiger partial charge in [-0.2, -0.15) is 5.10 Å². The fraction of sp³-hybridized carbons (Fsp3) is 0.125. The van der Waals surface area contributed by atoms with Crippen LogP contribution < -0.4 is 0 Å². The van der Waals surface area contributed by atoms with E-state index in [1.807, 2.05) is 47.4 Å². The lowest BCUT2D eigenvalue weighted by Crippen LogP contribution is -2.18. The molecule has 0 unspecified atom stereocenters. The highest BCUT2D eigenvalue weighted by molar-refractivity contribution is 5.81. The average molecular weight is 379 g/mol. The maximum absolute atomic E-state index is 4.69. The van der Waals surface area contributed by atoms with Gasteiger partial charge in [0, 0.05) is 48.2 Å². The standard InChI is InChI=1S/C24H21N5/c1-28(17-20-9-5-11-23-21(20)10-6-12-25-23)15-18-13-26-24-22(14-27-29(24)16-18)19-7-3-2-4-8-19/h2-14,16H,15,17H2,1H3. The summed E-state index contributed by atoms with van der Waals surface area (Å²) in [7, 11) is 2.12. The van der Waals surface area contributed by atoms with Crippen molar-refractivity contribution in [1.82, 2.24) is 24.5 Å². The molecule has 0 fully saturated rings. The molecule has 0 radical (unpaired) electrons. The second kappa shape index (κ2) is 7.45. The topological polar surface area (TPSA) is 46.3 Å². The Balaban J connectivity index is 1.37. The monoisotopic (exact) mass is 379 g/mol. The zero-order valence-electron chi connectivity index (χ0n) is 16.2. The van der Waals surface area contributed by atoms with Gasteiger partial charge in [-0.05, 0) is 30.3 Å². The second-order valence-electron chi connectivity index (χ2n) is 7.31. The van der Waals surface area contributed by atoms with Gasteiger partial charge in [0.25, 0.3) is 0 Å². The van der Waals surface area contributed by atoms with E-state index in [1.54, 1.807) is 0 Å². The molecule has 0 atom stereocenters. The largest absolute Gasteiger partial charge is 0.298 e. The van der Waals surface area contributed by atoms with Crippen LogP contribution in [0.3, 0.4) is 0 Å². The Morgan fingerprint density at radius 1 is 0.862 bits per heavy atom. The Labute approximate surface area is 169 Å². The van der Waals surface area contributed by atoms with E-state index in [0.29, 0.717) is 0 Å². The van der Waals surface area contributed by atoms with Crippen LogP contribution in [0.5, 0.6) is 0 Å². The van der Waals surface area contributed by atoms with Crippen LogP contribution in [0.15, 0.2) is 85.5 Å². The molecule has 0 saturated carbocycles. The molecule has 3 aromatic heterocycles. The van der Waals surface area contributed by atoms with E-state index >= 15 is 0 Å². The Morgan fingerprint density at radius 2 is 1.76 bits per heavy atom. The number of nitrogens with zero attached hydrogens (tertiary/aromatic N) is 5. The van der Waals surface area contributed by atoms with E-state index in [0.717, 1.165) is 40.9 Å². The van der Waals surface area contributed by atoms with E-state index in [2.05, 4.69) is 64.6 Å². The third kappa shape index (κ3) is 3.48. The predicted octanol–water partition coefficient (Wildman–Crippen LogP) is 4.58. The maximum atomic E-state index is 4.69. The van der Waals surface area contributed by atoms with Crippen molar-refractivity contribution in [3.05, 3.63) is 96.6 Å². The van der Waals surface area contributed by atoms with Crippen LogP contribution in [-0.2, 0) is 13.1 Å². The summed E-state index contributed by atoms with van der Waals surface area (Å²) in [5.74, 6) is 0. The second-order valence-corrected chi connectivity index (χ2v) is 7.31. The molecule has 0 spiro atoms. The molecule has 3 heterocycles. The smallest absolute Gasteiger partial charge is 0.162 e. The van der Waals surface area contributed by atoms with Crippen molar-refractivity contribution >= 4 is 16.6 Å². The Bertz CT molecular complexity index is 1270. The van der Waals surface area contributed by atoms with Crippen LogP contribution in [0, 0.1) is 0 Å². The molecule has 0 N–H and O–H groups in total. The molecule has 0 aliphatic rings. The number of aromatic nitrogens is 4. The van der Waals surface area contributed by atoms with Gasteiger partial charge in [0.15, 0.2) is 5.65 Å². The number of hydrogen-bond acceptors (Lipinski definition) is 4. The molecular weight excluding hydrogens is 358 g/mol. The van der Waals surface area contributed by atoms with Crippen molar-refractivity contribution in [2.24, 2.45) is 0 Å². The number of rotatable bonds is 5. The minimum absolute atomic E-state index is 0.792. The normalized spacial score (nSPS) is 11.5. The first kappa shape index (κ1) is 17.5. The van der Waals surface area contributed by atoms with Gasteiger partial charge >= 0.3 is 0 Å². The summed E-state index contributed by atoms with van der Waals surface area (Å²) in [4.78, 5) is 11.4. The van der Waals surface area contributed by atoms with E-state index in [-0.39, 0.29) is 0 Å². The number of benzene rings is 2. The molecule has 0 saturated heterocycles. The van der Waals surface area contributed by atoms with Crippen LogP contribution >= 0.6 is 0 Å². The molecular formula is C24H21N5. The maximum Gasteiger partial charge on any atom is 0.162 e. The van der Waals surface area contributed by atoms with Crippen LogP contribution in [-0.4, -0.2) is 31.5 Å². The molecule has 5 aromatic rings. The van der Waals surface area contributed by atoms with Gasteiger partial charge in [0.05, 0.1) is 11.7 Å². The minimum atomic E-state index is 0.792. The first-order chi connectivity index (χ1) is 14.3. The van der Waals surface area contributed by atoms with Gasteiger partial charge < -0.3 is 0 Å². The Morgan fingerprint density at radius 3 is 2.66 bits per heavy atom. The lowest BCUT2D eigenvalue weighted by atomic mass is 10.1. The van der Waals surface area contributed by atoms with Crippen molar-refractivity contribution in [3.8, 4) is 11.1 Å². The van der Waals surface area contributed by atoms with Gasteiger partial charge in [-0.3, -0.25) is 9.88 Å². The predicted molar refractivity (Wildman–Crippen MR) is 115 cm³/mol.